The standard InChI is InChI=1S/C12H14O3/c1-2-3-8-12(14)15-11-7-5-4-6-10(11)9-13/h4-7,9H,2-3,8H2,1H3. The summed E-state index contributed by atoms with van der Waals surface area (Å²) in [6.45, 7) is 2.01. The Morgan fingerprint density at radius 3 is 2.80 bits per heavy atom. The molecule has 0 saturated heterocycles. The lowest BCUT2D eigenvalue weighted by atomic mass is 10.2. The van der Waals surface area contributed by atoms with Gasteiger partial charge in [-0.2, -0.15) is 0 Å². The first-order chi connectivity index (χ1) is 7.27. The van der Waals surface area contributed by atoms with Gasteiger partial charge in [0.2, 0.25) is 0 Å². The minimum atomic E-state index is -0.286. The molecule has 0 fully saturated rings. The van der Waals surface area contributed by atoms with Crippen LogP contribution in [-0.4, -0.2) is 12.3 Å². The topological polar surface area (TPSA) is 43.4 Å². The van der Waals surface area contributed by atoms with Crippen LogP contribution in [0.3, 0.4) is 0 Å². The molecule has 0 bridgehead atoms. The normalized spacial score (nSPS) is 9.67. The summed E-state index contributed by atoms with van der Waals surface area (Å²) in [6.07, 6.45) is 2.83. The summed E-state index contributed by atoms with van der Waals surface area (Å²) >= 11 is 0. The maximum Gasteiger partial charge on any atom is 0.311 e. The van der Waals surface area contributed by atoms with E-state index in [1.807, 2.05) is 6.92 Å². The first-order valence-electron chi connectivity index (χ1n) is 5.02. The zero-order valence-electron chi connectivity index (χ0n) is 8.73. The summed E-state index contributed by atoms with van der Waals surface area (Å²) in [7, 11) is 0. The second kappa shape index (κ2) is 5.96. The Kier molecular flexibility index (Phi) is 4.54. The van der Waals surface area contributed by atoms with Crippen LogP contribution in [0.5, 0.6) is 5.75 Å². The van der Waals surface area contributed by atoms with Crippen molar-refractivity contribution in [2.45, 2.75) is 26.2 Å². The Hall–Kier alpha value is -1.64. The average molecular weight is 206 g/mol. The Morgan fingerprint density at radius 1 is 1.40 bits per heavy atom. The number of aldehydes is 1. The monoisotopic (exact) mass is 206 g/mol. The lowest BCUT2D eigenvalue weighted by molar-refractivity contribution is -0.134. The van der Waals surface area contributed by atoms with E-state index >= 15 is 0 Å². The number of hydrogen-bond acceptors (Lipinski definition) is 3. The van der Waals surface area contributed by atoms with E-state index in [0.717, 1.165) is 12.8 Å². The van der Waals surface area contributed by atoms with Crippen molar-refractivity contribution in [2.24, 2.45) is 0 Å². The van der Waals surface area contributed by atoms with E-state index < -0.39 is 0 Å². The summed E-state index contributed by atoms with van der Waals surface area (Å²) < 4.78 is 5.07. The molecule has 0 saturated carbocycles. The van der Waals surface area contributed by atoms with E-state index in [1.54, 1.807) is 24.3 Å². The molecule has 0 N–H and O–H groups in total. The predicted octanol–water partition coefficient (Wildman–Crippen LogP) is 2.59. The minimum Gasteiger partial charge on any atom is -0.426 e. The molecule has 0 amide bonds. The van der Waals surface area contributed by atoms with Gasteiger partial charge in [-0.15, -0.1) is 0 Å². The molecule has 0 aromatic heterocycles. The molecule has 0 radical (unpaired) electrons. The predicted molar refractivity (Wildman–Crippen MR) is 57.0 cm³/mol. The smallest absolute Gasteiger partial charge is 0.311 e. The first kappa shape index (κ1) is 11.4. The molecule has 0 aliphatic carbocycles. The average Bonchev–Trinajstić information content (AvgIpc) is 2.27. The zero-order chi connectivity index (χ0) is 11.1. The molecule has 0 spiro atoms. The van der Waals surface area contributed by atoms with Crippen molar-refractivity contribution in [3.05, 3.63) is 29.8 Å². The molecule has 1 aromatic rings. The maximum absolute atomic E-state index is 11.3. The third-order valence-electron chi connectivity index (χ3n) is 2.00. The van der Waals surface area contributed by atoms with E-state index in [9.17, 15) is 9.59 Å². The molecule has 0 aliphatic heterocycles. The van der Waals surface area contributed by atoms with Crippen LogP contribution in [0.15, 0.2) is 24.3 Å². The lowest BCUT2D eigenvalue weighted by Crippen LogP contribution is -2.08. The number of carbonyl (C=O) groups is 2. The SMILES string of the molecule is CCCCC(=O)Oc1ccccc1C=O. The molecule has 0 unspecified atom stereocenters. The van der Waals surface area contributed by atoms with Crippen LogP contribution in [0.4, 0.5) is 0 Å². The van der Waals surface area contributed by atoms with Gasteiger partial charge in [0.1, 0.15) is 5.75 Å². The van der Waals surface area contributed by atoms with Crippen LogP contribution in [0.2, 0.25) is 0 Å². The molecule has 15 heavy (non-hydrogen) atoms. The van der Waals surface area contributed by atoms with Gasteiger partial charge in [-0.1, -0.05) is 25.5 Å². The maximum atomic E-state index is 11.3. The number of unbranched alkanes of at least 4 members (excludes halogenated alkanes) is 1. The summed E-state index contributed by atoms with van der Waals surface area (Å²) in [5, 5.41) is 0. The molecule has 80 valence electrons. The second-order valence-corrected chi connectivity index (χ2v) is 3.23. The fourth-order valence-corrected chi connectivity index (χ4v) is 1.17. The summed E-state index contributed by atoms with van der Waals surface area (Å²) in [5.74, 6) is 0.0553. The Labute approximate surface area is 89.1 Å². The number of para-hydroxylation sites is 1. The van der Waals surface area contributed by atoms with E-state index in [2.05, 4.69) is 0 Å². The largest absolute Gasteiger partial charge is 0.426 e. The quantitative estimate of drug-likeness (QED) is 0.422. The van der Waals surface area contributed by atoms with Gasteiger partial charge in [-0.3, -0.25) is 9.59 Å². The molecule has 3 nitrogen and oxygen atoms in total. The van der Waals surface area contributed by atoms with Crippen molar-refractivity contribution in [2.75, 3.05) is 0 Å². The summed E-state index contributed by atoms with van der Waals surface area (Å²) in [6, 6.07) is 6.70. The Bertz CT molecular complexity index is 344. The molecule has 1 rings (SSSR count). The van der Waals surface area contributed by atoms with Crippen molar-refractivity contribution in [3.8, 4) is 5.75 Å². The van der Waals surface area contributed by atoms with Gasteiger partial charge in [-0.05, 0) is 18.6 Å². The lowest BCUT2D eigenvalue weighted by Gasteiger charge is -2.05. The van der Waals surface area contributed by atoms with Crippen LogP contribution in [0.1, 0.15) is 36.5 Å². The Morgan fingerprint density at radius 2 is 2.13 bits per heavy atom. The number of rotatable bonds is 5. The van der Waals surface area contributed by atoms with E-state index in [0.29, 0.717) is 24.0 Å². The first-order valence-corrected chi connectivity index (χ1v) is 5.02. The van der Waals surface area contributed by atoms with E-state index in [-0.39, 0.29) is 5.97 Å². The highest BCUT2D eigenvalue weighted by molar-refractivity contribution is 5.82. The van der Waals surface area contributed by atoms with E-state index in [4.69, 9.17) is 4.74 Å². The van der Waals surface area contributed by atoms with Crippen LogP contribution in [0, 0.1) is 0 Å². The summed E-state index contributed by atoms with van der Waals surface area (Å²) in [5.41, 5.74) is 0.405. The number of benzene rings is 1. The van der Waals surface area contributed by atoms with Crippen LogP contribution < -0.4 is 4.74 Å². The molecule has 0 heterocycles. The van der Waals surface area contributed by atoms with Crippen LogP contribution in [0.25, 0.3) is 0 Å². The van der Waals surface area contributed by atoms with Gasteiger partial charge in [0.15, 0.2) is 6.29 Å². The number of ether oxygens (including phenoxy) is 1. The molecule has 0 atom stereocenters. The van der Waals surface area contributed by atoms with E-state index in [1.165, 1.54) is 0 Å². The Balaban J connectivity index is 2.63. The molecule has 0 aliphatic rings. The van der Waals surface area contributed by atoms with Crippen LogP contribution in [-0.2, 0) is 4.79 Å². The highest BCUT2D eigenvalue weighted by Crippen LogP contribution is 2.16. The molecular formula is C12H14O3. The zero-order valence-corrected chi connectivity index (χ0v) is 8.73. The van der Waals surface area contributed by atoms with Gasteiger partial charge < -0.3 is 4.74 Å². The third kappa shape index (κ3) is 3.54. The van der Waals surface area contributed by atoms with Gasteiger partial charge in [-0.25, -0.2) is 0 Å². The van der Waals surface area contributed by atoms with Crippen molar-refractivity contribution in [1.82, 2.24) is 0 Å². The fourth-order valence-electron chi connectivity index (χ4n) is 1.17. The highest BCUT2D eigenvalue weighted by atomic mass is 16.5. The second-order valence-electron chi connectivity index (χ2n) is 3.23. The summed E-state index contributed by atoms with van der Waals surface area (Å²) in [4.78, 5) is 21.9. The number of hydrogen-bond donors (Lipinski definition) is 0. The fraction of sp³-hybridized carbons (Fsp3) is 0.333. The minimum absolute atomic E-state index is 0.286. The van der Waals surface area contributed by atoms with Crippen molar-refractivity contribution in [3.63, 3.8) is 0 Å². The molecule has 1 aromatic carbocycles. The highest BCUT2D eigenvalue weighted by Gasteiger charge is 2.07. The van der Waals surface area contributed by atoms with Gasteiger partial charge in [0, 0.05) is 6.42 Å². The molecular weight excluding hydrogens is 192 g/mol. The van der Waals surface area contributed by atoms with Gasteiger partial charge in [0.25, 0.3) is 0 Å². The van der Waals surface area contributed by atoms with Gasteiger partial charge >= 0.3 is 5.97 Å². The van der Waals surface area contributed by atoms with Gasteiger partial charge in [0.05, 0.1) is 5.56 Å². The molecule has 3 heteroatoms. The van der Waals surface area contributed by atoms with Crippen LogP contribution >= 0.6 is 0 Å². The van der Waals surface area contributed by atoms with Crippen molar-refractivity contribution in [1.29, 1.82) is 0 Å². The van der Waals surface area contributed by atoms with Crippen molar-refractivity contribution < 1.29 is 14.3 Å². The number of esters is 1. The third-order valence-corrected chi connectivity index (χ3v) is 2.00. The van der Waals surface area contributed by atoms with Crippen molar-refractivity contribution >= 4 is 12.3 Å². The number of carbonyl (C=O) groups excluding carboxylic acids is 2.